The minimum Gasteiger partial charge on any atom is -0.483 e. The second kappa shape index (κ2) is 53.7. The van der Waals surface area contributed by atoms with Crippen molar-refractivity contribution in [1.29, 1.82) is 0 Å². The van der Waals surface area contributed by atoms with Gasteiger partial charge in [-0.05, 0) is 12.8 Å². The molecule has 263 valence electrons. The quantitative estimate of drug-likeness (QED) is 0.0354. The molecule has 6 nitrogen and oxygen atoms in total. The van der Waals surface area contributed by atoms with Gasteiger partial charge in [-0.15, -0.1) is 0 Å². The predicted octanol–water partition coefficient (Wildman–Crippen LogP) is 12.4. The first-order valence-corrected chi connectivity index (χ1v) is 18.5. The predicted molar refractivity (Wildman–Crippen MR) is 183 cm³/mol. The molecule has 1 radical (unpaired) electrons. The molecule has 0 spiro atoms. The molecule has 0 unspecified atom stereocenters. The van der Waals surface area contributed by atoms with E-state index < -0.39 is 11.9 Å². The molecule has 0 aromatic carbocycles. The number of carboxylic acids is 2. The zero-order valence-electron chi connectivity index (χ0n) is 30.1. The summed E-state index contributed by atoms with van der Waals surface area (Å²) in [5.74, 6) is -1.31. The number of hydrogen-bond acceptors (Lipinski definition) is 3. The summed E-state index contributed by atoms with van der Waals surface area (Å²) in [6, 6.07) is 0. The molecule has 0 rings (SSSR count). The van der Waals surface area contributed by atoms with E-state index >= 15 is 0 Å². The van der Waals surface area contributed by atoms with Crippen molar-refractivity contribution in [3.05, 3.63) is 0 Å². The molecular formula is C37H74LaO6Zn. The number of carbonyl (C=O) groups is 3. The smallest absolute Gasteiger partial charge is 0.303 e. The van der Waals surface area contributed by atoms with Gasteiger partial charge in [0, 0.05) is 67.9 Å². The molecule has 8 heteroatoms. The van der Waals surface area contributed by atoms with Crippen molar-refractivity contribution in [3.8, 4) is 0 Å². The zero-order chi connectivity index (χ0) is 32.5. The Hall–Kier alpha value is 0.228. The van der Waals surface area contributed by atoms with Gasteiger partial charge >= 0.3 is 11.9 Å². The number of hydrogen-bond donors (Lipinski definition) is 3. The summed E-state index contributed by atoms with van der Waals surface area (Å²) < 4.78 is 0. The first-order valence-electron chi connectivity index (χ1n) is 18.5. The van der Waals surface area contributed by atoms with E-state index in [1.54, 1.807) is 0 Å². The Morgan fingerprint density at radius 1 is 0.400 bits per heavy atom. The SMILES string of the molecule is CCCCCCCCCCCCCCCCCC(=O)O.CCCCCCCCCCCCCCCCCC(=O)O.O=CO.[La].[Zn]. The zero-order valence-corrected chi connectivity index (χ0v) is 36.6. The Morgan fingerprint density at radius 2 is 0.533 bits per heavy atom. The normalized spacial score (nSPS) is 9.91. The van der Waals surface area contributed by atoms with Crippen molar-refractivity contribution < 1.29 is 84.8 Å². The van der Waals surface area contributed by atoms with Gasteiger partial charge < -0.3 is 15.3 Å². The number of rotatable bonds is 32. The third-order valence-electron chi connectivity index (χ3n) is 7.99. The van der Waals surface area contributed by atoms with Gasteiger partial charge in [0.25, 0.3) is 6.47 Å². The van der Waals surface area contributed by atoms with Crippen LogP contribution in [-0.4, -0.2) is 33.7 Å². The summed E-state index contributed by atoms with van der Waals surface area (Å²) in [5.41, 5.74) is 0. The second-order valence-corrected chi connectivity index (χ2v) is 12.3. The Labute approximate surface area is 320 Å². The molecule has 0 saturated carbocycles. The maximum absolute atomic E-state index is 10.3. The van der Waals surface area contributed by atoms with Crippen molar-refractivity contribution in [2.24, 2.45) is 0 Å². The minimum atomic E-state index is -0.653. The van der Waals surface area contributed by atoms with Crippen LogP contribution in [0.5, 0.6) is 0 Å². The Morgan fingerprint density at radius 3 is 0.667 bits per heavy atom. The van der Waals surface area contributed by atoms with E-state index in [1.807, 2.05) is 0 Å². The van der Waals surface area contributed by atoms with Crippen LogP contribution in [0, 0.1) is 35.6 Å². The molecule has 0 aliphatic heterocycles. The molecule has 0 fully saturated rings. The van der Waals surface area contributed by atoms with Gasteiger partial charge in [0.05, 0.1) is 0 Å². The Bertz CT molecular complexity index is 507. The molecule has 45 heavy (non-hydrogen) atoms. The summed E-state index contributed by atoms with van der Waals surface area (Å²) in [4.78, 5) is 29.0. The van der Waals surface area contributed by atoms with E-state index in [0.717, 1.165) is 25.7 Å². The Kier molecular flexibility index (Phi) is 65.2. The molecular weight excluding hydrogens is 745 g/mol. The van der Waals surface area contributed by atoms with Gasteiger partial charge in [0.2, 0.25) is 0 Å². The van der Waals surface area contributed by atoms with Crippen molar-refractivity contribution in [1.82, 2.24) is 0 Å². The molecule has 0 aromatic heterocycles. The van der Waals surface area contributed by atoms with Crippen LogP contribution in [0.2, 0.25) is 0 Å². The van der Waals surface area contributed by atoms with E-state index in [2.05, 4.69) is 13.8 Å². The van der Waals surface area contributed by atoms with Gasteiger partial charge in [-0.1, -0.05) is 194 Å². The van der Waals surface area contributed by atoms with E-state index in [0.29, 0.717) is 12.8 Å². The Balaban J connectivity index is -0.000000209. The fraction of sp³-hybridized carbons (Fsp3) is 0.919. The molecule has 0 aliphatic rings. The fourth-order valence-electron chi connectivity index (χ4n) is 5.30. The molecule has 0 aliphatic carbocycles. The van der Waals surface area contributed by atoms with Gasteiger partial charge in [0.1, 0.15) is 0 Å². The van der Waals surface area contributed by atoms with Crippen LogP contribution in [0.3, 0.4) is 0 Å². The molecule has 3 N–H and O–H groups in total. The third-order valence-corrected chi connectivity index (χ3v) is 7.99. The monoisotopic (exact) mass is 817 g/mol. The number of carboxylic acid groups (broad SMARTS) is 3. The molecule has 0 bridgehead atoms. The average Bonchev–Trinajstić information content (AvgIpc) is 2.97. The van der Waals surface area contributed by atoms with Crippen LogP contribution in [0.4, 0.5) is 0 Å². The largest absolute Gasteiger partial charge is 0.483 e. The fourth-order valence-corrected chi connectivity index (χ4v) is 5.30. The minimum absolute atomic E-state index is 0. The molecule has 0 atom stereocenters. The summed E-state index contributed by atoms with van der Waals surface area (Å²) in [6.45, 7) is 4.29. The molecule has 0 amide bonds. The average molecular weight is 819 g/mol. The number of unbranched alkanes of at least 4 members (excludes halogenated alkanes) is 28. The van der Waals surface area contributed by atoms with Crippen LogP contribution in [0.15, 0.2) is 0 Å². The maximum atomic E-state index is 10.3. The van der Waals surface area contributed by atoms with Gasteiger partial charge in [-0.3, -0.25) is 14.4 Å². The topological polar surface area (TPSA) is 112 Å². The van der Waals surface area contributed by atoms with Crippen molar-refractivity contribution in [3.63, 3.8) is 0 Å². The molecule has 0 aromatic rings. The van der Waals surface area contributed by atoms with Crippen LogP contribution < -0.4 is 0 Å². The van der Waals surface area contributed by atoms with Crippen LogP contribution in [0.25, 0.3) is 0 Å². The van der Waals surface area contributed by atoms with E-state index in [9.17, 15) is 9.59 Å². The van der Waals surface area contributed by atoms with Gasteiger partial charge in [-0.2, -0.15) is 0 Å². The van der Waals surface area contributed by atoms with E-state index in [1.165, 1.54) is 167 Å². The molecule has 0 saturated heterocycles. The molecule has 0 heterocycles. The van der Waals surface area contributed by atoms with Crippen molar-refractivity contribution in [2.45, 2.75) is 219 Å². The van der Waals surface area contributed by atoms with E-state index in [-0.39, 0.29) is 61.5 Å². The van der Waals surface area contributed by atoms with Crippen LogP contribution in [0.1, 0.15) is 219 Å². The second-order valence-electron chi connectivity index (χ2n) is 12.3. The first kappa shape index (κ1) is 54.7. The number of aliphatic carboxylic acids is 2. The van der Waals surface area contributed by atoms with Crippen molar-refractivity contribution in [2.75, 3.05) is 0 Å². The standard InChI is InChI=1S/2C18H36O2.CH2O2.La.Zn/c2*1-2-3-4-5-6-7-8-9-10-11-12-13-14-15-16-17-18(19)20;2-1-3;;/h2*2-17H2,1H3,(H,19,20);1H,(H,2,3);;. The summed E-state index contributed by atoms with van der Waals surface area (Å²) in [7, 11) is 0. The summed E-state index contributed by atoms with van der Waals surface area (Å²) in [6.07, 6.45) is 40.4. The van der Waals surface area contributed by atoms with E-state index in [4.69, 9.17) is 20.1 Å². The van der Waals surface area contributed by atoms with Crippen LogP contribution >= 0.6 is 0 Å². The maximum Gasteiger partial charge on any atom is 0.303 e. The third kappa shape index (κ3) is 67.3. The van der Waals surface area contributed by atoms with Gasteiger partial charge in [0.15, 0.2) is 0 Å². The first-order chi connectivity index (χ1) is 21.0. The van der Waals surface area contributed by atoms with Crippen LogP contribution in [-0.2, 0) is 33.9 Å². The van der Waals surface area contributed by atoms with Gasteiger partial charge in [-0.25, -0.2) is 0 Å². The summed E-state index contributed by atoms with van der Waals surface area (Å²) >= 11 is 0. The van der Waals surface area contributed by atoms with Crippen molar-refractivity contribution >= 4 is 18.4 Å². The summed E-state index contributed by atoms with van der Waals surface area (Å²) in [5, 5.41) is 23.9.